The van der Waals surface area contributed by atoms with Crippen LogP contribution in [0.4, 0.5) is 5.69 Å². The average Bonchev–Trinajstić information content (AvgIpc) is 2.78. The number of nitrogens with one attached hydrogen (secondary N) is 1. The Balaban J connectivity index is 1.61. The Bertz CT molecular complexity index is 971. The van der Waals surface area contributed by atoms with E-state index in [4.69, 9.17) is 9.47 Å². The largest absolute Gasteiger partial charge is 0.481 e. The van der Waals surface area contributed by atoms with Gasteiger partial charge >= 0.3 is 0 Å². The number of carbonyl (C=O) groups is 1. The number of rotatable bonds is 8. The van der Waals surface area contributed by atoms with Crippen LogP contribution in [0.2, 0.25) is 0 Å². The molecule has 1 fully saturated rings. The molecule has 1 heterocycles. The third-order valence-electron chi connectivity index (χ3n) is 5.82. The highest BCUT2D eigenvalue weighted by Crippen LogP contribution is 2.34. The van der Waals surface area contributed by atoms with Crippen LogP contribution in [0.5, 0.6) is 5.75 Å². The molecule has 1 saturated heterocycles. The predicted octanol–water partition coefficient (Wildman–Crippen LogP) is 2.71. The van der Waals surface area contributed by atoms with Gasteiger partial charge in [0, 0.05) is 32.2 Å². The summed E-state index contributed by atoms with van der Waals surface area (Å²) in [5, 5.41) is 3.05. The van der Waals surface area contributed by atoms with Crippen LogP contribution >= 0.6 is 0 Å². The highest BCUT2D eigenvalue weighted by Gasteiger charge is 2.35. The number of amides is 1. The number of benzene rings is 2. The van der Waals surface area contributed by atoms with Crippen molar-refractivity contribution in [2.75, 3.05) is 37.4 Å². The van der Waals surface area contributed by atoms with Gasteiger partial charge in [-0.3, -0.25) is 9.10 Å². The third-order valence-corrected chi connectivity index (χ3v) is 7.02. The Morgan fingerprint density at radius 2 is 1.74 bits per heavy atom. The molecule has 0 spiro atoms. The first-order valence-electron chi connectivity index (χ1n) is 10.3. The lowest BCUT2D eigenvalue weighted by Gasteiger charge is -2.38. The molecule has 8 heteroatoms. The molecule has 1 aliphatic heterocycles. The molecule has 31 heavy (non-hydrogen) atoms. The second-order valence-corrected chi connectivity index (χ2v) is 9.97. The number of carbonyl (C=O) groups excluding carboxylic acids is 1. The summed E-state index contributed by atoms with van der Waals surface area (Å²) in [4.78, 5) is 12.7. The molecule has 0 saturated carbocycles. The molecule has 0 bridgehead atoms. The highest BCUT2D eigenvalue weighted by molar-refractivity contribution is 7.92. The van der Waals surface area contributed by atoms with Crippen LogP contribution < -0.4 is 14.4 Å². The van der Waals surface area contributed by atoms with E-state index in [1.807, 2.05) is 18.2 Å². The standard InChI is InChI=1S/C23H30N2O5S/c1-18(30-21-11-9-20(10-12-21)25(2)31(3,27)28)22(26)24-17-23(13-15-29-16-14-23)19-7-5-4-6-8-19/h4-12,18H,13-17H2,1-3H3,(H,24,26)/t18-/m1/s1. The molecule has 0 radical (unpaired) electrons. The first-order valence-corrected chi connectivity index (χ1v) is 12.2. The summed E-state index contributed by atoms with van der Waals surface area (Å²) >= 11 is 0. The minimum atomic E-state index is -3.33. The van der Waals surface area contributed by atoms with E-state index < -0.39 is 16.1 Å². The van der Waals surface area contributed by atoms with Gasteiger partial charge in [-0.2, -0.15) is 0 Å². The molecule has 3 rings (SSSR count). The predicted molar refractivity (Wildman–Crippen MR) is 121 cm³/mol. The minimum Gasteiger partial charge on any atom is -0.481 e. The molecule has 0 unspecified atom stereocenters. The van der Waals surface area contributed by atoms with E-state index in [1.165, 1.54) is 16.9 Å². The Morgan fingerprint density at radius 3 is 2.32 bits per heavy atom. The van der Waals surface area contributed by atoms with Gasteiger partial charge in [0.15, 0.2) is 6.10 Å². The van der Waals surface area contributed by atoms with E-state index in [0.29, 0.717) is 31.2 Å². The zero-order valence-corrected chi connectivity index (χ0v) is 19.0. The van der Waals surface area contributed by atoms with Gasteiger partial charge in [0.1, 0.15) is 5.75 Å². The zero-order chi connectivity index (χ0) is 22.5. The fourth-order valence-corrected chi connectivity index (χ4v) is 4.21. The summed E-state index contributed by atoms with van der Waals surface area (Å²) < 4.78 is 35.8. The Morgan fingerprint density at radius 1 is 1.13 bits per heavy atom. The van der Waals surface area contributed by atoms with Crippen molar-refractivity contribution >= 4 is 21.6 Å². The third kappa shape index (κ3) is 5.77. The van der Waals surface area contributed by atoms with Crippen molar-refractivity contribution in [2.24, 2.45) is 0 Å². The molecular weight excluding hydrogens is 416 g/mol. The van der Waals surface area contributed by atoms with Gasteiger partial charge in [0.2, 0.25) is 10.0 Å². The number of hydrogen-bond acceptors (Lipinski definition) is 5. The number of hydrogen-bond donors (Lipinski definition) is 1. The Hall–Kier alpha value is -2.58. The van der Waals surface area contributed by atoms with Crippen LogP contribution in [0.15, 0.2) is 54.6 Å². The maximum atomic E-state index is 12.7. The smallest absolute Gasteiger partial charge is 0.260 e. The van der Waals surface area contributed by atoms with Gasteiger partial charge in [-0.25, -0.2) is 8.42 Å². The molecule has 2 aromatic rings. The first-order chi connectivity index (χ1) is 14.7. The minimum absolute atomic E-state index is 0.146. The van der Waals surface area contributed by atoms with Gasteiger partial charge in [0.25, 0.3) is 5.91 Å². The maximum Gasteiger partial charge on any atom is 0.260 e. The molecule has 1 atom stereocenters. The van der Waals surface area contributed by atoms with Crippen molar-refractivity contribution in [1.29, 1.82) is 0 Å². The monoisotopic (exact) mass is 446 g/mol. The molecular formula is C23H30N2O5S. The van der Waals surface area contributed by atoms with E-state index in [-0.39, 0.29) is 11.3 Å². The van der Waals surface area contributed by atoms with Crippen LogP contribution in [0, 0.1) is 0 Å². The van der Waals surface area contributed by atoms with E-state index in [9.17, 15) is 13.2 Å². The van der Waals surface area contributed by atoms with E-state index >= 15 is 0 Å². The summed E-state index contributed by atoms with van der Waals surface area (Å²) in [7, 11) is -1.85. The quantitative estimate of drug-likeness (QED) is 0.674. The molecule has 0 aromatic heterocycles. The van der Waals surface area contributed by atoms with Gasteiger partial charge in [-0.05, 0) is 49.6 Å². The lowest BCUT2D eigenvalue weighted by atomic mass is 9.74. The molecule has 2 aromatic carbocycles. The normalized spacial score (nSPS) is 16.9. The number of nitrogens with zero attached hydrogens (tertiary/aromatic N) is 1. The summed E-state index contributed by atoms with van der Waals surface area (Å²) in [5.74, 6) is 0.302. The van der Waals surface area contributed by atoms with Crippen LogP contribution in [0.1, 0.15) is 25.3 Å². The highest BCUT2D eigenvalue weighted by atomic mass is 32.2. The Labute approximate surface area is 184 Å². The topological polar surface area (TPSA) is 84.9 Å². The molecule has 0 aliphatic carbocycles. The number of anilines is 1. The van der Waals surface area contributed by atoms with Crippen LogP contribution in [0.25, 0.3) is 0 Å². The molecule has 7 nitrogen and oxygen atoms in total. The number of sulfonamides is 1. The second kappa shape index (κ2) is 9.70. The van der Waals surface area contributed by atoms with Crippen LogP contribution in [0.3, 0.4) is 0 Å². The molecule has 1 N–H and O–H groups in total. The van der Waals surface area contributed by atoms with Gasteiger partial charge in [-0.1, -0.05) is 30.3 Å². The lowest BCUT2D eigenvalue weighted by Crippen LogP contribution is -2.47. The summed E-state index contributed by atoms with van der Waals surface area (Å²) in [6.45, 7) is 3.56. The van der Waals surface area contributed by atoms with Gasteiger partial charge in [0.05, 0.1) is 11.9 Å². The summed E-state index contributed by atoms with van der Waals surface area (Å²) in [5.41, 5.74) is 1.58. The fraction of sp³-hybridized carbons (Fsp3) is 0.435. The summed E-state index contributed by atoms with van der Waals surface area (Å²) in [6, 6.07) is 16.8. The fourth-order valence-electron chi connectivity index (χ4n) is 3.71. The van der Waals surface area contributed by atoms with Gasteiger partial charge in [-0.15, -0.1) is 0 Å². The van der Waals surface area contributed by atoms with E-state index in [2.05, 4.69) is 17.4 Å². The average molecular weight is 447 g/mol. The van der Waals surface area contributed by atoms with Crippen molar-refractivity contribution in [3.8, 4) is 5.75 Å². The SMILES string of the molecule is C[C@@H](Oc1ccc(N(C)S(C)(=O)=O)cc1)C(=O)NCC1(c2ccccc2)CCOCC1. The number of ether oxygens (including phenoxy) is 2. The van der Waals surface area contributed by atoms with Crippen molar-refractivity contribution < 1.29 is 22.7 Å². The second-order valence-electron chi connectivity index (χ2n) is 7.96. The molecule has 1 aliphatic rings. The van der Waals surface area contributed by atoms with Crippen molar-refractivity contribution in [1.82, 2.24) is 5.32 Å². The Kier molecular flexibility index (Phi) is 7.23. The van der Waals surface area contributed by atoms with Gasteiger partial charge < -0.3 is 14.8 Å². The van der Waals surface area contributed by atoms with E-state index in [1.54, 1.807) is 31.2 Å². The first kappa shape index (κ1) is 23.1. The van der Waals surface area contributed by atoms with E-state index in [0.717, 1.165) is 19.1 Å². The van der Waals surface area contributed by atoms with Crippen LogP contribution in [-0.2, 0) is 25.0 Å². The lowest BCUT2D eigenvalue weighted by molar-refractivity contribution is -0.127. The van der Waals surface area contributed by atoms with Crippen LogP contribution in [-0.4, -0.2) is 53.5 Å². The molecule has 168 valence electrons. The zero-order valence-electron chi connectivity index (χ0n) is 18.2. The molecule has 1 amide bonds. The van der Waals surface area contributed by atoms with Crippen molar-refractivity contribution in [2.45, 2.75) is 31.3 Å². The van der Waals surface area contributed by atoms with Crippen molar-refractivity contribution in [3.05, 3.63) is 60.2 Å². The van der Waals surface area contributed by atoms with Crippen molar-refractivity contribution in [3.63, 3.8) is 0 Å². The maximum absolute atomic E-state index is 12.7. The summed E-state index contributed by atoms with van der Waals surface area (Å²) in [6.07, 6.45) is 2.15.